The fourth-order valence-corrected chi connectivity index (χ4v) is 3.65. The topological polar surface area (TPSA) is 43.8 Å². The van der Waals surface area contributed by atoms with E-state index in [4.69, 9.17) is 5.73 Å². The van der Waals surface area contributed by atoms with Crippen molar-refractivity contribution in [1.82, 2.24) is 9.55 Å². The molecule has 2 aliphatic carbocycles. The standard InChI is InChI=1S/C16H19N3/c17-16-12-6-2-1-5-11(12)9-15(16)19-10-18-13-7-3-4-8-14(13)19/h1-2,5-6,10,15-16H,3-4,7-9,17H2. The van der Waals surface area contributed by atoms with E-state index in [1.165, 1.54) is 35.4 Å². The summed E-state index contributed by atoms with van der Waals surface area (Å²) in [4.78, 5) is 4.61. The number of nitrogens with zero attached hydrogens (tertiary/aromatic N) is 2. The van der Waals surface area contributed by atoms with Gasteiger partial charge in [0, 0.05) is 5.69 Å². The van der Waals surface area contributed by atoms with Crippen molar-refractivity contribution in [3.63, 3.8) is 0 Å². The van der Waals surface area contributed by atoms with Crippen molar-refractivity contribution in [2.24, 2.45) is 5.73 Å². The SMILES string of the molecule is NC1c2ccccc2CC1n1cnc2c1CCCC2. The molecule has 0 saturated heterocycles. The Labute approximate surface area is 113 Å². The summed E-state index contributed by atoms with van der Waals surface area (Å²) in [7, 11) is 0. The molecule has 0 radical (unpaired) electrons. The first-order valence-corrected chi connectivity index (χ1v) is 7.22. The maximum absolute atomic E-state index is 6.47. The average Bonchev–Trinajstić information content (AvgIpc) is 3.01. The highest BCUT2D eigenvalue weighted by Crippen LogP contribution is 2.39. The molecule has 0 saturated carbocycles. The third-order valence-corrected chi connectivity index (χ3v) is 4.68. The smallest absolute Gasteiger partial charge is 0.0955 e. The molecule has 19 heavy (non-hydrogen) atoms. The Bertz CT molecular complexity index is 614. The van der Waals surface area contributed by atoms with Crippen molar-refractivity contribution in [3.05, 3.63) is 53.1 Å². The highest BCUT2D eigenvalue weighted by atomic mass is 15.1. The quantitative estimate of drug-likeness (QED) is 0.849. The summed E-state index contributed by atoms with van der Waals surface area (Å²) in [5.41, 5.74) is 11.9. The first kappa shape index (κ1) is 11.2. The molecule has 2 N–H and O–H groups in total. The van der Waals surface area contributed by atoms with Crippen LogP contribution in [0.3, 0.4) is 0 Å². The number of benzene rings is 1. The van der Waals surface area contributed by atoms with E-state index < -0.39 is 0 Å². The Morgan fingerprint density at radius 1 is 1.16 bits per heavy atom. The van der Waals surface area contributed by atoms with Crippen LogP contribution in [0.25, 0.3) is 0 Å². The van der Waals surface area contributed by atoms with Crippen molar-refractivity contribution in [2.75, 3.05) is 0 Å². The molecule has 4 rings (SSSR count). The molecular weight excluding hydrogens is 234 g/mol. The number of imidazole rings is 1. The largest absolute Gasteiger partial charge is 0.329 e. The lowest BCUT2D eigenvalue weighted by molar-refractivity contribution is 0.431. The fourth-order valence-electron chi connectivity index (χ4n) is 3.65. The van der Waals surface area contributed by atoms with E-state index >= 15 is 0 Å². The lowest BCUT2D eigenvalue weighted by Gasteiger charge is -2.22. The van der Waals surface area contributed by atoms with E-state index in [9.17, 15) is 0 Å². The third-order valence-electron chi connectivity index (χ3n) is 4.68. The van der Waals surface area contributed by atoms with Gasteiger partial charge in [0.15, 0.2) is 0 Å². The number of aryl methyl sites for hydroxylation is 1. The van der Waals surface area contributed by atoms with Gasteiger partial charge in [0.05, 0.1) is 24.1 Å². The predicted molar refractivity (Wildman–Crippen MR) is 75.0 cm³/mol. The molecule has 2 atom stereocenters. The van der Waals surface area contributed by atoms with Gasteiger partial charge in [-0.15, -0.1) is 0 Å². The summed E-state index contributed by atoms with van der Waals surface area (Å²) in [5.74, 6) is 0. The van der Waals surface area contributed by atoms with Gasteiger partial charge in [-0.2, -0.15) is 0 Å². The van der Waals surface area contributed by atoms with Gasteiger partial charge in [-0.1, -0.05) is 24.3 Å². The van der Waals surface area contributed by atoms with Crippen LogP contribution in [0.5, 0.6) is 0 Å². The van der Waals surface area contributed by atoms with Gasteiger partial charge < -0.3 is 10.3 Å². The second-order valence-corrected chi connectivity index (χ2v) is 5.75. The van der Waals surface area contributed by atoms with Crippen LogP contribution in [0.15, 0.2) is 30.6 Å². The molecule has 2 unspecified atom stereocenters. The van der Waals surface area contributed by atoms with Crippen LogP contribution in [0, 0.1) is 0 Å². The Balaban J connectivity index is 1.74. The highest BCUT2D eigenvalue weighted by Gasteiger charge is 2.32. The summed E-state index contributed by atoms with van der Waals surface area (Å²) in [6, 6.07) is 9.03. The third kappa shape index (κ3) is 1.65. The number of aromatic nitrogens is 2. The van der Waals surface area contributed by atoms with Crippen LogP contribution in [0.4, 0.5) is 0 Å². The van der Waals surface area contributed by atoms with E-state index in [-0.39, 0.29) is 6.04 Å². The normalized spacial score (nSPS) is 25.1. The van der Waals surface area contributed by atoms with E-state index in [0.717, 1.165) is 19.3 Å². The minimum atomic E-state index is 0.108. The second-order valence-electron chi connectivity index (χ2n) is 5.75. The van der Waals surface area contributed by atoms with Gasteiger partial charge in [-0.05, 0) is 43.2 Å². The first-order chi connectivity index (χ1) is 9.34. The summed E-state index contributed by atoms with van der Waals surface area (Å²) in [6.07, 6.45) is 7.92. The molecule has 0 fully saturated rings. The Kier molecular flexibility index (Phi) is 2.49. The molecule has 0 aliphatic heterocycles. The molecule has 2 aliphatic rings. The van der Waals surface area contributed by atoms with Crippen molar-refractivity contribution in [3.8, 4) is 0 Å². The van der Waals surface area contributed by atoms with Gasteiger partial charge in [0.25, 0.3) is 0 Å². The average molecular weight is 253 g/mol. The van der Waals surface area contributed by atoms with Crippen molar-refractivity contribution in [1.29, 1.82) is 0 Å². The molecule has 1 aromatic heterocycles. The maximum Gasteiger partial charge on any atom is 0.0955 e. The van der Waals surface area contributed by atoms with Gasteiger partial charge in [0.1, 0.15) is 0 Å². The molecule has 0 amide bonds. The summed E-state index contributed by atoms with van der Waals surface area (Å²) >= 11 is 0. The van der Waals surface area contributed by atoms with Crippen LogP contribution in [0.1, 0.15) is 47.4 Å². The van der Waals surface area contributed by atoms with Gasteiger partial charge in [-0.3, -0.25) is 0 Å². The monoisotopic (exact) mass is 253 g/mol. The zero-order chi connectivity index (χ0) is 12.8. The molecular formula is C16H19N3. The van der Waals surface area contributed by atoms with Crippen LogP contribution in [0.2, 0.25) is 0 Å². The van der Waals surface area contributed by atoms with Crippen molar-refractivity contribution < 1.29 is 0 Å². The summed E-state index contributed by atoms with van der Waals surface area (Å²) in [5, 5.41) is 0. The van der Waals surface area contributed by atoms with Crippen molar-refractivity contribution in [2.45, 2.75) is 44.2 Å². The van der Waals surface area contributed by atoms with E-state index in [2.05, 4.69) is 33.8 Å². The maximum atomic E-state index is 6.47. The van der Waals surface area contributed by atoms with Crippen molar-refractivity contribution >= 4 is 0 Å². The van der Waals surface area contributed by atoms with Crippen LogP contribution < -0.4 is 5.73 Å². The number of fused-ring (bicyclic) bond motifs is 2. The minimum absolute atomic E-state index is 0.108. The molecule has 3 nitrogen and oxygen atoms in total. The number of rotatable bonds is 1. The Morgan fingerprint density at radius 3 is 2.89 bits per heavy atom. The van der Waals surface area contributed by atoms with Crippen LogP contribution >= 0.6 is 0 Å². The summed E-state index contributed by atoms with van der Waals surface area (Å²) in [6.45, 7) is 0. The van der Waals surface area contributed by atoms with E-state index in [1.54, 1.807) is 0 Å². The molecule has 98 valence electrons. The lowest BCUT2D eigenvalue weighted by Crippen LogP contribution is -2.22. The molecule has 2 aromatic rings. The number of hydrogen-bond acceptors (Lipinski definition) is 2. The lowest BCUT2D eigenvalue weighted by atomic mass is 10.00. The van der Waals surface area contributed by atoms with Gasteiger partial charge in [0.2, 0.25) is 0 Å². The Morgan fingerprint density at radius 2 is 2.00 bits per heavy atom. The molecule has 3 heteroatoms. The van der Waals surface area contributed by atoms with Crippen LogP contribution in [-0.2, 0) is 19.3 Å². The van der Waals surface area contributed by atoms with E-state index in [1.807, 2.05) is 6.33 Å². The molecule has 1 aromatic carbocycles. The summed E-state index contributed by atoms with van der Waals surface area (Å²) < 4.78 is 2.36. The Hall–Kier alpha value is -1.61. The van der Waals surface area contributed by atoms with E-state index in [0.29, 0.717) is 6.04 Å². The molecule has 0 spiro atoms. The zero-order valence-electron chi connectivity index (χ0n) is 11.0. The number of hydrogen-bond donors (Lipinski definition) is 1. The minimum Gasteiger partial charge on any atom is -0.329 e. The van der Waals surface area contributed by atoms with Gasteiger partial charge in [-0.25, -0.2) is 4.98 Å². The highest BCUT2D eigenvalue weighted by molar-refractivity contribution is 5.37. The second kappa shape index (κ2) is 4.20. The van der Waals surface area contributed by atoms with Gasteiger partial charge >= 0.3 is 0 Å². The fraction of sp³-hybridized carbons (Fsp3) is 0.438. The zero-order valence-corrected chi connectivity index (χ0v) is 11.0. The number of nitrogens with two attached hydrogens (primary N) is 1. The first-order valence-electron chi connectivity index (χ1n) is 7.22. The molecule has 0 bridgehead atoms. The van der Waals surface area contributed by atoms with Crippen LogP contribution in [-0.4, -0.2) is 9.55 Å². The predicted octanol–water partition coefficient (Wildman–Crippen LogP) is 2.56. The molecule has 1 heterocycles.